The average molecular weight is 638 g/mol. The second-order valence-corrected chi connectivity index (χ2v) is 17.8. The number of ketones is 1. The van der Waals surface area contributed by atoms with Gasteiger partial charge < -0.3 is 14.4 Å². The number of rotatable bonds is 6. The van der Waals surface area contributed by atoms with Gasteiger partial charge in [0, 0.05) is 44.2 Å². The van der Waals surface area contributed by atoms with Crippen molar-refractivity contribution < 1.29 is 28.7 Å². The Labute approximate surface area is 277 Å². The second kappa shape index (κ2) is 11.2. The quantitative estimate of drug-likeness (QED) is 0.284. The summed E-state index contributed by atoms with van der Waals surface area (Å²) >= 11 is 0. The molecule has 1 aliphatic heterocycles. The van der Waals surface area contributed by atoms with E-state index >= 15 is 0 Å². The molecule has 46 heavy (non-hydrogen) atoms. The molecule has 1 heterocycles. The third-order valence-electron chi connectivity index (χ3n) is 15.3. The van der Waals surface area contributed by atoms with Crippen LogP contribution in [-0.2, 0) is 28.7 Å². The lowest BCUT2D eigenvalue weighted by Crippen LogP contribution is -2.66. The zero-order chi connectivity index (χ0) is 33.6. The molecule has 0 aromatic carbocycles. The number of carbonyl (C=O) groups is 4. The first-order chi connectivity index (χ1) is 21.4. The molecule has 6 rings (SSSR count). The highest BCUT2D eigenvalue weighted by molar-refractivity contribution is 6.01. The minimum absolute atomic E-state index is 0.0177. The van der Waals surface area contributed by atoms with E-state index in [1.54, 1.807) is 0 Å². The number of allylic oxidation sites excluding steroid dienone is 2. The normalized spacial score (nSPS) is 41.9. The van der Waals surface area contributed by atoms with Gasteiger partial charge in [0.25, 0.3) is 0 Å². The summed E-state index contributed by atoms with van der Waals surface area (Å²) in [5, 5.41) is 0. The number of Topliss-reactive ketones (excluding diaryl/α,β-unsaturated/α-hetero) is 1. The van der Waals surface area contributed by atoms with Crippen molar-refractivity contribution in [3.05, 3.63) is 11.1 Å². The fraction of sp³-hybridized carbons (Fsp3) is 0.846. The summed E-state index contributed by atoms with van der Waals surface area (Å²) in [4.78, 5) is 54.4. The number of hydrogen-bond acceptors (Lipinski definition) is 6. The van der Waals surface area contributed by atoms with Crippen molar-refractivity contribution in [2.75, 3.05) is 19.7 Å². The van der Waals surface area contributed by atoms with Gasteiger partial charge in [0.2, 0.25) is 5.91 Å². The maximum atomic E-state index is 14.2. The molecule has 1 saturated heterocycles. The van der Waals surface area contributed by atoms with Gasteiger partial charge in [0.1, 0.15) is 12.7 Å². The summed E-state index contributed by atoms with van der Waals surface area (Å²) in [6.07, 6.45) is 9.39. The molecule has 5 fully saturated rings. The maximum absolute atomic E-state index is 14.2. The first-order valence-corrected chi connectivity index (χ1v) is 18.3. The molecule has 0 radical (unpaired) electrons. The number of fused-ring (bicyclic) bond motifs is 7. The lowest BCUT2D eigenvalue weighted by molar-refractivity contribution is -0.234. The van der Waals surface area contributed by atoms with Crippen LogP contribution in [0, 0.1) is 56.7 Å². The maximum Gasteiger partial charge on any atom is 0.302 e. The van der Waals surface area contributed by atoms with Crippen LogP contribution in [0.4, 0.5) is 0 Å². The Balaban J connectivity index is 1.41. The van der Waals surface area contributed by atoms with Crippen molar-refractivity contribution in [1.82, 2.24) is 4.90 Å². The highest BCUT2D eigenvalue weighted by Gasteiger charge is 2.71. The van der Waals surface area contributed by atoms with Gasteiger partial charge in [-0.3, -0.25) is 19.2 Å². The van der Waals surface area contributed by atoms with Crippen LogP contribution in [0.5, 0.6) is 0 Å². The van der Waals surface area contributed by atoms with Crippen LogP contribution in [0.1, 0.15) is 127 Å². The van der Waals surface area contributed by atoms with Gasteiger partial charge in [0.15, 0.2) is 5.78 Å². The standard InChI is InChI=1S/C39H59NO6/c1-23(2)32-28(43)21-39(27(22-45-24(3)41)34(44)40-19-10-20-40)18-17-37(8)26(33(32)39)11-12-30-36(7)15-14-31(46-25(4)42)35(5,6)29(36)13-16-38(30,37)9/h23,26-27,29-31H,10-22H2,1-9H3/t26-,27?,29+,30-,31+,36+,37-,38-,39+/m1/s1. The summed E-state index contributed by atoms with van der Waals surface area (Å²) in [5.74, 6) is 0.496. The molecule has 0 bridgehead atoms. The van der Waals surface area contributed by atoms with Gasteiger partial charge in [-0.05, 0) is 103 Å². The van der Waals surface area contributed by atoms with Crippen molar-refractivity contribution in [1.29, 1.82) is 0 Å². The zero-order valence-corrected chi connectivity index (χ0v) is 30.1. The predicted molar refractivity (Wildman–Crippen MR) is 176 cm³/mol. The molecule has 9 atom stereocenters. The number of amides is 1. The third kappa shape index (κ3) is 4.62. The van der Waals surface area contributed by atoms with E-state index in [9.17, 15) is 19.2 Å². The van der Waals surface area contributed by atoms with Gasteiger partial charge in [-0.25, -0.2) is 0 Å². The molecule has 4 saturated carbocycles. The molecular formula is C39H59NO6. The largest absolute Gasteiger partial charge is 0.465 e. The molecular weight excluding hydrogens is 578 g/mol. The van der Waals surface area contributed by atoms with E-state index in [-0.39, 0.29) is 69.8 Å². The molecule has 0 spiro atoms. The molecule has 7 heteroatoms. The molecule has 7 nitrogen and oxygen atoms in total. The minimum atomic E-state index is -0.586. The summed E-state index contributed by atoms with van der Waals surface area (Å²) in [5.41, 5.74) is 1.75. The number of ether oxygens (including phenoxy) is 2. The summed E-state index contributed by atoms with van der Waals surface area (Å²) in [6, 6.07) is 0. The fourth-order valence-corrected chi connectivity index (χ4v) is 12.9. The Morgan fingerprint density at radius 1 is 0.848 bits per heavy atom. The zero-order valence-electron chi connectivity index (χ0n) is 30.1. The molecule has 0 N–H and O–H groups in total. The van der Waals surface area contributed by atoms with Gasteiger partial charge in [-0.2, -0.15) is 0 Å². The van der Waals surface area contributed by atoms with Crippen LogP contribution < -0.4 is 0 Å². The fourth-order valence-electron chi connectivity index (χ4n) is 12.9. The van der Waals surface area contributed by atoms with Crippen molar-refractivity contribution in [3.8, 4) is 0 Å². The van der Waals surface area contributed by atoms with E-state index in [1.807, 2.05) is 4.90 Å². The van der Waals surface area contributed by atoms with Crippen LogP contribution in [0.3, 0.4) is 0 Å². The summed E-state index contributed by atoms with van der Waals surface area (Å²) < 4.78 is 11.6. The topological polar surface area (TPSA) is 90.0 Å². The first-order valence-electron chi connectivity index (χ1n) is 18.3. The van der Waals surface area contributed by atoms with Gasteiger partial charge in [0.05, 0.1) is 5.92 Å². The third-order valence-corrected chi connectivity index (χ3v) is 15.3. The SMILES string of the molecule is CC(=O)OCC(C(=O)N1CCC1)[C@@]12CC[C@]3(C)[C@H](CC[C@@H]4[C@@]5(C)CC[C@H](OC(C)=O)C(C)(C)[C@@H]5CC[C@]43C)C1=C(C(C)C)C(=O)C2. The summed E-state index contributed by atoms with van der Waals surface area (Å²) in [6.45, 7) is 21.1. The van der Waals surface area contributed by atoms with Gasteiger partial charge in [-0.15, -0.1) is 0 Å². The highest BCUT2D eigenvalue weighted by Crippen LogP contribution is 2.77. The summed E-state index contributed by atoms with van der Waals surface area (Å²) in [7, 11) is 0. The van der Waals surface area contributed by atoms with Crippen molar-refractivity contribution in [3.63, 3.8) is 0 Å². The average Bonchev–Trinajstić information content (AvgIpc) is 3.22. The van der Waals surface area contributed by atoms with E-state index < -0.39 is 11.3 Å². The Morgan fingerprint density at radius 2 is 1.54 bits per heavy atom. The molecule has 256 valence electrons. The smallest absolute Gasteiger partial charge is 0.302 e. The number of carbonyl (C=O) groups excluding carboxylic acids is 4. The van der Waals surface area contributed by atoms with Gasteiger partial charge >= 0.3 is 11.9 Å². The second-order valence-electron chi connectivity index (χ2n) is 17.8. The highest BCUT2D eigenvalue weighted by atomic mass is 16.5. The predicted octanol–water partition coefficient (Wildman–Crippen LogP) is 7.31. The Hall–Kier alpha value is -2.18. The van der Waals surface area contributed by atoms with Crippen molar-refractivity contribution in [2.24, 2.45) is 56.7 Å². The first kappa shape index (κ1) is 33.7. The van der Waals surface area contributed by atoms with Crippen LogP contribution in [-0.4, -0.2) is 54.3 Å². The number of nitrogens with zero attached hydrogens (tertiary/aromatic N) is 1. The Morgan fingerprint density at radius 3 is 2.13 bits per heavy atom. The molecule has 6 aliphatic rings. The minimum Gasteiger partial charge on any atom is -0.465 e. The van der Waals surface area contributed by atoms with Crippen LogP contribution in [0.15, 0.2) is 11.1 Å². The van der Waals surface area contributed by atoms with E-state index in [4.69, 9.17) is 9.47 Å². The molecule has 1 amide bonds. The van der Waals surface area contributed by atoms with E-state index in [0.29, 0.717) is 18.3 Å². The van der Waals surface area contributed by atoms with Crippen molar-refractivity contribution in [2.45, 2.75) is 133 Å². The van der Waals surface area contributed by atoms with Crippen LogP contribution in [0.2, 0.25) is 0 Å². The van der Waals surface area contributed by atoms with E-state index in [2.05, 4.69) is 48.5 Å². The molecule has 0 aromatic rings. The number of hydrogen-bond donors (Lipinski definition) is 0. The monoisotopic (exact) mass is 637 g/mol. The molecule has 5 aliphatic carbocycles. The number of esters is 2. The van der Waals surface area contributed by atoms with E-state index in [0.717, 1.165) is 76.5 Å². The molecule has 0 aromatic heterocycles. The Kier molecular flexibility index (Phi) is 8.20. The lowest BCUT2D eigenvalue weighted by Gasteiger charge is -2.72. The molecule has 1 unspecified atom stereocenters. The van der Waals surface area contributed by atoms with Crippen LogP contribution >= 0.6 is 0 Å². The van der Waals surface area contributed by atoms with Crippen LogP contribution in [0.25, 0.3) is 0 Å². The Bertz CT molecular complexity index is 1340. The lowest BCUT2D eigenvalue weighted by atomic mass is 9.32. The van der Waals surface area contributed by atoms with Gasteiger partial charge in [-0.1, -0.05) is 54.0 Å². The number of likely N-dealkylation sites (tertiary alicyclic amines) is 1. The van der Waals surface area contributed by atoms with Crippen molar-refractivity contribution >= 4 is 23.6 Å². The van der Waals surface area contributed by atoms with E-state index in [1.165, 1.54) is 19.4 Å².